The first kappa shape index (κ1) is 14.6. The van der Waals surface area contributed by atoms with Gasteiger partial charge >= 0.3 is 0 Å². The summed E-state index contributed by atoms with van der Waals surface area (Å²) in [5.41, 5.74) is 3.19. The molecule has 0 fully saturated rings. The van der Waals surface area contributed by atoms with Gasteiger partial charge in [0.25, 0.3) is 0 Å². The van der Waals surface area contributed by atoms with Crippen LogP contribution in [0.3, 0.4) is 0 Å². The van der Waals surface area contributed by atoms with Crippen LogP contribution in [0.1, 0.15) is 5.56 Å². The molecule has 0 spiro atoms. The van der Waals surface area contributed by atoms with Crippen LogP contribution in [-0.4, -0.2) is 24.4 Å². The summed E-state index contributed by atoms with van der Waals surface area (Å²) >= 11 is 0. The maximum atomic E-state index is 10.0. The molecule has 1 aromatic heterocycles. The van der Waals surface area contributed by atoms with E-state index in [0.717, 1.165) is 40.6 Å². The number of fused-ring (bicyclic) bond motifs is 4. The van der Waals surface area contributed by atoms with Gasteiger partial charge in [-0.2, -0.15) is 4.57 Å². The fourth-order valence-corrected chi connectivity index (χ4v) is 3.41. The van der Waals surface area contributed by atoms with E-state index in [1.807, 2.05) is 18.3 Å². The lowest BCUT2D eigenvalue weighted by Crippen LogP contribution is -2.40. The number of hydrogen-bond donors (Lipinski definition) is 2. The van der Waals surface area contributed by atoms with Gasteiger partial charge in [-0.3, -0.25) is 0 Å². The molecule has 0 unspecified atom stereocenters. The summed E-state index contributed by atoms with van der Waals surface area (Å²) in [6, 6.07) is 9.24. The van der Waals surface area contributed by atoms with Crippen LogP contribution in [0.15, 0.2) is 36.5 Å². The predicted molar refractivity (Wildman–Crippen MR) is 89.7 cm³/mol. The first-order chi connectivity index (χ1) is 11.6. The van der Waals surface area contributed by atoms with E-state index in [0.29, 0.717) is 11.5 Å². The van der Waals surface area contributed by atoms with Gasteiger partial charge in [-0.25, -0.2) is 0 Å². The number of phenols is 2. The van der Waals surface area contributed by atoms with Gasteiger partial charge in [0.2, 0.25) is 5.69 Å². The van der Waals surface area contributed by atoms with Crippen molar-refractivity contribution in [2.24, 2.45) is 0 Å². The Morgan fingerprint density at radius 3 is 2.58 bits per heavy atom. The van der Waals surface area contributed by atoms with Crippen LogP contribution in [0.5, 0.6) is 23.0 Å². The number of aromatic nitrogens is 1. The van der Waals surface area contributed by atoms with Gasteiger partial charge < -0.3 is 19.7 Å². The highest BCUT2D eigenvalue weighted by Crippen LogP contribution is 2.39. The predicted octanol–water partition coefficient (Wildman–Crippen LogP) is 2.78. The standard InChI is InChI=1S/C19H17NO4/c1-23-18-9-13-12(8-17(18)22)5-6-20-10-14-11(7-15(13)20)3-4-16(21)19(14)24-2/h3-4,7-10,21H,5-6H2,1-2H3/p+1. The quantitative estimate of drug-likeness (QED) is 0.712. The van der Waals surface area contributed by atoms with Gasteiger partial charge in [0.15, 0.2) is 35.7 Å². The maximum absolute atomic E-state index is 10.0. The number of phenolic OH excluding ortho intramolecular Hbond substituents is 2. The second-order valence-electron chi connectivity index (χ2n) is 5.90. The lowest BCUT2D eigenvalue weighted by molar-refractivity contribution is -0.686. The molecule has 4 rings (SSSR count). The van der Waals surface area contributed by atoms with Crippen molar-refractivity contribution in [1.29, 1.82) is 0 Å². The average Bonchev–Trinajstić information content (AvgIpc) is 2.59. The highest BCUT2D eigenvalue weighted by Gasteiger charge is 2.26. The van der Waals surface area contributed by atoms with Crippen LogP contribution < -0.4 is 14.0 Å². The van der Waals surface area contributed by atoms with Gasteiger partial charge in [-0.15, -0.1) is 0 Å². The normalized spacial score (nSPS) is 12.6. The van der Waals surface area contributed by atoms with E-state index in [1.165, 1.54) is 0 Å². The number of nitrogens with zero attached hydrogens (tertiary/aromatic N) is 1. The summed E-state index contributed by atoms with van der Waals surface area (Å²) in [5.74, 6) is 1.24. The fraction of sp³-hybridized carbons (Fsp3) is 0.211. The lowest BCUT2D eigenvalue weighted by atomic mass is 9.95. The summed E-state index contributed by atoms with van der Waals surface area (Å²) in [6.07, 6.45) is 2.82. The highest BCUT2D eigenvalue weighted by molar-refractivity contribution is 5.91. The molecule has 122 valence electrons. The Morgan fingerprint density at radius 1 is 1.00 bits per heavy atom. The number of rotatable bonds is 2. The van der Waals surface area contributed by atoms with E-state index >= 15 is 0 Å². The first-order valence-electron chi connectivity index (χ1n) is 7.75. The molecule has 5 nitrogen and oxygen atoms in total. The van der Waals surface area contributed by atoms with Crippen LogP contribution in [0.4, 0.5) is 0 Å². The van der Waals surface area contributed by atoms with Crippen molar-refractivity contribution in [2.45, 2.75) is 13.0 Å². The zero-order valence-electron chi connectivity index (χ0n) is 13.5. The average molecular weight is 324 g/mol. The van der Waals surface area contributed by atoms with Crippen LogP contribution >= 0.6 is 0 Å². The maximum Gasteiger partial charge on any atom is 0.213 e. The van der Waals surface area contributed by atoms with Crippen molar-refractivity contribution < 1.29 is 24.3 Å². The molecule has 0 amide bonds. The van der Waals surface area contributed by atoms with Crippen molar-refractivity contribution in [1.82, 2.24) is 0 Å². The van der Waals surface area contributed by atoms with Crippen molar-refractivity contribution in [2.75, 3.05) is 14.2 Å². The molecule has 0 saturated carbocycles. The zero-order valence-corrected chi connectivity index (χ0v) is 13.5. The molecule has 2 N–H and O–H groups in total. The molecule has 0 atom stereocenters. The smallest absolute Gasteiger partial charge is 0.213 e. The van der Waals surface area contributed by atoms with E-state index in [2.05, 4.69) is 10.6 Å². The van der Waals surface area contributed by atoms with Gasteiger partial charge in [-0.05, 0) is 35.2 Å². The Bertz CT molecular complexity index is 965. The van der Waals surface area contributed by atoms with Crippen molar-refractivity contribution in [3.05, 3.63) is 42.1 Å². The van der Waals surface area contributed by atoms with Gasteiger partial charge in [-0.1, -0.05) is 0 Å². The van der Waals surface area contributed by atoms with Crippen molar-refractivity contribution >= 4 is 10.8 Å². The van der Waals surface area contributed by atoms with Crippen LogP contribution in [0, 0.1) is 0 Å². The molecule has 3 aromatic rings. The Balaban J connectivity index is 2.00. The molecule has 5 heteroatoms. The Kier molecular flexibility index (Phi) is 3.23. The summed E-state index contributed by atoms with van der Waals surface area (Å²) < 4.78 is 12.8. The highest BCUT2D eigenvalue weighted by atomic mass is 16.5. The number of aryl methyl sites for hydroxylation is 2. The third kappa shape index (κ3) is 2.05. The Morgan fingerprint density at radius 2 is 1.83 bits per heavy atom. The molecule has 0 aliphatic carbocycles. The number of aromatic hydroxyl groups is 2. The second kappa shape index (κ2) is 5.30. The minimum atomic E-state index is 0.133. The Labute approximate surface area is 139 Å². The molecule has 0 radical (unpaired) electrons. The molecular weight excluding hydrogens is 306 g/mol. The van der Waals surface area contributed by atoms with Gasteiger partial charge in [0, 0.05) is 12.5 Å². The molecule has 0 bridgehead atoms. The second-order valence-corrected chi connectivity index (χ2v) is 5.90. The Hall–Kier alpha value is -2.95. The topological polar surface area (TPSA) is 62.8 Å². The van der Waals surface area contributed by atoms with Gasteiger partial charge in [0.05, 0.1) is 25.2 Å². The SMILES string of the molecule is COc1cc2c(cc1O)CC[n+]1cc3c(OC)c(O)ccc3cc1-2. The van der Waals surface area contributed by atoms with Crippen LogP contribution in [0.25, 0.3) is 22.0 Å². The van der Waals surface area contributed by atoms with E-state index in [-0.39, 0.29) is 11.5 Å². The van der Waals surface area contributed by atoms with Crippen LogP contribution in [0.2, 0.25) is 0 Å². The van der Waals surface area contributed by atoms with Gasteiger partial charge in [0.1, 0.15) is 0 Å². The fourth-order valence-electron chi connectivity index (χ4n) is 3.41. The summed E-state index contributed by atoms with van der Waals surface area (Å²) in [5, 5.41) is 21.9. The minimum absolute atomic E-state index is 0.133. The lowest BCUT2D eigenvalue weighted by Gasteiger charge is -2.17. The molecule has 24 heavy (non-hydrogen) atoms. The molecule has 2 aromatic carbocycles. The first-order valence-corrected chi connectivity index (χ1v) is 7.75. The monoisotopic (exact) mass is 324 g/mol. The summed E-state index contributed by atoms with van der Waals surface area (Å²) in [6.45, 7) is 0.794. The zero-order chi connectivity index (χ0) is 16.8. The molecule has 1 aliphatic rings. The number of ether oxygens (including phenoxy) is 2. The summed E-state index contributed by atoms with van der Waals surface area (Å²) in [4.78, 5) is 0. The largest absolute Gasteiger partial charge is 0.504 e. The van der Waals surface area contributed by atoms with Crippen molar-refractivity contribution in [3.63, 3.8) is 0 Å². The molecular formula is C19H18NO4+. The number of methoxy groups -OCH3 is 2. The number of pyridine rings is 1. The molecule has 0 saturated heterocycles. The third-order valence-electron chi connectivity index (χ3n) is 4.60. The van der Waals surface area contributed by atoms with E-state index in [9.17, 15) is 10.2 Å². The van der Waals surface area contributed by atoms with E-state index in [1.54, 1.807) is 26.4 Å². The van der Waals surface area contributed by atoms with E-state index in [4.69, 9.17) is 9.47 Å². The van der Waals surface area contributed by atoms with Crippen molar-refractivity contribution in [3.8, 4) is 34.3 Å². The van der Waals surface area contributed by atoms with Crippen LogP contribution in [-0.2, 0) is 13.0 Å². The minimum Gasteiger partial charge on any atom is -0.504 e. The molecule has 1 aliphatic heterocycles. The van der Waals surface area contributed by atoms with E-state index < -0.39 is 0 Å². The molecule has 2 heterocycles. The number of hydrogen-bond acceptors (Lipinski definition) is 4. The third-order valence-corrected chi connectivity index (χ3v) is 4.60. The number of benzene rings is 2. The summed E-state index contributed by atoms with van der Waals surface area (Å²) in [7, 11) is 3.11.